The second-order valence-electron chi connectivity index (χ2n) is 8.14. The zero-order valence-corrected chi connectivity index (χ0v) is 15.3. The third-order valence-electron chi connectivity index (χ3n) is 6.07. The van der Waals surface area contributed by atoms with Gasteiger partial charge in [-0.1, -0.05) is 49.4 Å². The second kappa shape index (κ2) is 6.01. The molecular formula is C23H26O2. The maximum Gasteiger partial charge on any atom is 0.339 e. The molecule has 0 saturated heterocycles. The standard InChI is InChI=1S/C23H26O2/c1-4-23(2,3)25-22(24)20-10-6-7-17-18(20)8-5-9-19(17)21-14-15-11-12-16(21)13-15/h5-12,15-16,21H,4,13-14H2,1-3H3. The molecule has 130 valence electrons. The molecule has 1 fully saturated rings. The zero-order valence-electron chi connectivity index (χ0n) is 15.3. The predicted molar refractivity (Wildman–Crippen MR) is 102 cm³/mol. The van der Waals surface area contributed by atoms with E-state index in [-0.39, 0.29) is 5.97 Å². The number of carbonyl (C=O) groups is 1. The van der Waals surface area contributed by atoms with Crippen molar-refractivity contribution >= 4 is 16.7 Å². The Morgan fingerprint density at radius 2 is 1.84 bits per heavy atom. The highest BCUT2D eigenvalue weighted by Gasteiger charge is 2.37. The molecule has 1 saturated carbocycles. The number of hydrogen-bond donors (Lipinski definition) is 0. The van der Waals surface area contributed by atoms with Crippen LogP contribution < -0.4 is 0 Å². The lowest BCUT2D eigenvalue weighted by molar-refractivity contribution is -0.00221. The molecule has 0 heterocycles. The van der Waals surface area contributed by atoms with Crippen LogP contribution in [-0.2, 0) is 4.74 Å². The summed E-state index contributed by atoms with van der Waals surface area (Å²) < 4.78 is 5.75. The Bertz CT molecular complexity index is 846. The molecule has 0 spiro atoms. The molecule has 2 aromatic carbocycles. The van der Waals surface area contributed by atoms with Gasteiger partial charge in [0.1, 0.15) is 5.60 Å². The molecule has 2 nitrogen and oxygen atoms in total. The molecule has 25 heavy (non-hydrogen) atoms. The van der Waals surface area contributed by atoms with Crippen LogP contribution in [0.4, 0.5) is 0 Å². The highest BCUT2D eigenvalue weighted by Crippen LogP contribution is 2.50. The fourth-order valence-corrected chi connectivity index (χ4v) is 4.35. The SMILES string of the molecule is CCC(C)(C)OC(=O)c1cccc2c(C3CC4C=CC3C4)cccc12. The van der Waals surface area contributed by atoms with Crippen molar-refractivity contribution in [3.8, 4) is 0 Å². The fraction of sp³-hybridized carbons (Fsp3) is 0.435. The van der Waals surface area contributed by atoms with Crippen molar-refractivity contribution in [2.24, 2.45) is 11.8 Å². The summed E-state index contributed by atoms with van der Waals surface area (Å²) in [5, 5.41) is 2.22. The Kier molecular flexibility index (Phi) is 3.94. The van der Waals surface area contributed by atoms with E-state index in [1.54, 1.807) is 0 Å². The molecule has 0 amide bonds. The molecule has 2 aliphatic rings. The topological polar surface area (TPSA) is 26.3 Å². The van der Waals surface area contributed by atoms with Gasteiger partial charge in [0.2, 0.25) is 0 Å². The Morgan fingerprint density at radius 3 is 2.52 bits per heavy atom. The maximum absolute atomic E-state index is 12.8. The number of ether oxygens (including phenoxy) is 1. The second-order valence-corrected chi connectivity index (χ2v) is 8.14. The molecule has 0 aromatic heterocycles. The van der Waals surface area contributed by atoms with Gasteiger partial charge >= 0.3 is 5.97 Å². The van der Waals surface area contributed by atoms with E-state index < -0.39 is 5.60 Å². The van der Waals surface area contributed by atoms with Crippen LogP contribution in [0.3, 0.4) is 0 Å². The minimum atomic E-state index is -0.438. The summed E-state index contributed by atoms with van der Waals surface area (Å²) in [6, 6.07) is 12.4. The normalized spacial score (nSPS) is 24.8. The highest BCUT2D eigenvalue weighted by atomic mass is 16.6. The lowest BCUT2D eigenvalue weighted by Gasteiger charge is -2.24. The molecule has 2 heteroatoms. The smallest absolute Gasteiger partial charge is 0.339 e. The van der Waals surface area contributed by atoms with Crippen molar-refractivity contribution in [2.75, 3.05) is 0 Å². The Labute approximate surface area is 149 Å². The maximum atomic E-state index is 12.8. The fourth-order valence-electron chi connectivity index (χ4n) is 4.35. The third kappa shape index (κ3) is 2.88. The molecule has 2 aromatic rings. The first-order valence-electron chi connectivity index (χ1n) is 9.42. The van der Waals surface area contributed by atoms with Crippen LogP contribution in [0.25, 0.3) is 10.8 Å². The first kappa shape index (κ1) is 16.4. The first-order chi connectivity index (χ1) is 12.0. The van der Waals surface area contributed by atoms with Gasteiger partial charge in [-0.25, -0.2) is 4.79 Å². The van der Waals surface area contributed by atoms with Crippen LogP contribution >= 0.6 is 0 Å². The van der Waals surface area contributed by atoms with Crippen molar-refractivity contribution in [3.63, 3.8) is 0 Å². The van der Waals surface area contributed by atoms with Gasteiger partial charge in [0.15, 0.2) is 0 Å². The van der Waals surface area contributed by atoms with Gasteiger partial charge in [-0.2, -0.15) is 0 Å². The Morgan fingerprint density at radius 1 is 1.08 bits per heavy atom. The third-order valence-corrected chi connectivity index (χ3v) is 6.07. The molecule has 4 rings (SSSR count). The number of allylic oxidation sites excluding steroid dienone is 2. The molecule has 0 aliphatic heterocycles. The van der Waals surface area contributed by atoms with E-state index in [9.17, 15) is 4.79 Å². The van der Waals surface area contributed by atoms with Gasteiger partial charge in [-0.15, -0.1) is 0 Å². The van der Waals surface area contributed by atoms with Crippen molar-refractivity contribution in [3.05, 3.63) is 59.7 Å². The van der Waals surface area contributed by atoms with Crippen molar-refractivity contribution in [2.45, 2.75) is 51.6 Å². The number of hydrogen-bond acceptors (Lipinski definition) is 2. The molecule has 3 unspecified atom stereocenters. The van der Waals surface area contributed by atoms with E-state index in [1.807, 2.05) is 32.9 Å². The molecule has 3 atom stereocenters. The molecule has 2 bridgehead atoms. The van der Waals surface area contributed by atoms with Crippen LogP contribution in [0.5, 0.6) is 0 Å². The quantitative estimate of drug-likeness (QED) is 0.517. The summed E-state index contributed by atoms with van der Waals surface area (Å²) in [5.74, 6) is 1.76. The van der Waals surface area contributed by atoms with Gasteiger partial charge in [0.05, 0.1) is 5.56 Å². The van der Waals surface area contributed by atoms with Crippen LogP contribution in [0.2, 0.25) is 0 Å². The van der Waals surface area contributed by atoms with Crippen LogP contribution in [0.1, 0.15) is 61.9 Å². The van der Waals surface area contributed by atoms with Crippen molar-refractivity contribution in [1.82, 2.24) is 0 Å². The van der Waals surface area contributed by atoms with E-state index in [0.717, 1.165) is 17.7 Å². The molecule has 0 N–H and O–H groups in total. The summed E-state index contributed by atoms with van der Waals surface area (Å²) in [6.07, 6.45) is 8.08. The van der Waals surface area contributed by atoms with Crippen LogP contribution in [0, 0.1) is 11.8 Å². The average molecular weight is 334 g/mol. The predicted octanol–water partition coefficient (Wildman–Crippen LogP) is 5.86. The first-order valence-corrected chi connectivity index (χ1v) is 9.42. The average Bonchev–Trinajstić information content (AvgIpc) is 3.23. The minimum Gasteiger partial charge on any atom is -0.456 e. The summed E-state index contributed by atoms with van der Waals surface area (Å²) in [4.78, 5) is 12.8. The van der Waals surface area contributed by atoms with E-state index >= 15 is 0 Å². The van der Waals surface area contributed by atoms with Crippen molar-refractivity contribution in [1.29, 1.82) is 0 Å². The highest BCUT2D eigenvalue weighted by molar-refractivity contribution is 6.05. The molecular weight excluding hydrogens is 308 g/mol. The summed E-state index contributed by atoms with van der Waals surface area (Å²) in [5.41, 5.74) is 1.63. The Hall–Kier alpha value is -2.09. The number of esters is 1. The largest absolute Gasteiger partial charge is 0.456 e. The van der Waals surface area contributed by atoms with Gasteiger partial charge < -0.3 is 4.74 Å². The number of carbonyl (C=O) groups excluding carboxylic acids is 1. The van der Waals surface area contributed by atoms with Gasteiger partial charge in [-0.05, 0) is 73.3 Å². The van der Waals surface area contributed by atoms with Crippen molar-refractivity contribution < 1.29 is 9.53 Å². The summed E-state index contributed by atoms with van der Waals surface area (Å²) in [6.45, 7) is 5.96. The van der Waals surface area contributed by atoms with Gasteiger partial charge in [-0.3, -0.25) is 0 Å². The summed E-state index contributed by atoms with van der Waals surface area (Å²) in [7, 11) is 0. The van der Waals surface area contributed by atoms with E-state index in [2.05, 4.69) is 36.4 Å². The van der Waals surface area contributed by atoms with Crippen LogP contribution in [0.15, 0.2) is 48.6 Å². The van der Waals surface area contributed by atoms with E-state index in [0.29, 0.717) is 17.4 Å². The van der Waals surface area contributed by atoms with Gasteiger partial charge in [0, 0.05) is 0 Å². The van der Waals surface area contributed by atoms with E-state index in [4.69, 9.17) is 4.74 Å². The number of benzene rings is 2. The lowest BCUT2D eigenvalue weighted by atomic mass is 9.83. The number of rotatable bonds is 4. The Balaban J connectivity index is 1.74. The van der Waals surface area contributed by atoms with E-state index in [1.165, 1.54) is 23.8 Å². The molecule has 2 aliphatic carbocycles. The van der Waals surface area contributed by atoms with Gasteiger partial charge in [0.25, 0.3) is 0 Å². The minimum absolute atomic E-state index is 0.220. The monoisotopic (exact) mass is 334 g/mol. The zero-order chi connectivity index (χ0) is 17.6. The number of fused-ring (bicyclic) bond motifs is 3. The molecule has 0 radical (unpaired) electrons. The summed E-state index contributed by atoms with van der Waals surface area (Å²) >= 11 is 0. The van der Waals surface area contributed by atoms with Crippen LogP contribution in [-0.4, -0.2) is 11.6 Å². The lowest BCUT2D eigenvalue weighted by Crippen LogP contribution is -2.27.